The number of hydrogen-bond acceptors (Lipinski definition) is 2. The fraction of sp³-hybridized carbons (Fsp3) is 0.625. The zero-order valence-electron chi connectivity index (χ0n) is 13.0. The van der Waals surface area contributed by atoms with Gasteiger partial charge in [-0.05, 0) is 54.7 Å². The van der Waals surface area contributed by atoms with Crippen molar-refractivity contribution < 1.29 is 4.43 Å². The maximum absolute atomic E-state index is 6.53. The molecule has 1 heterocycles. The highest BCUT2D eigenvalue weighted by Crippen LogP contribution is 2.39. The van der Waals surface area contributed by atoms with Gasteiger partial charge in [0.05, 0.1) is 0 Å². The molecule has 2 nitrogen and oxygen atoms in total. The molecular weight excluding hydrogens is 250 g/mol. The van der Waals surface area contributed by atoms with Crippen molar-refractivity contribution in [1.82, 2.24) is 5.32 Å². The van der Waals surface area contributed by atoms with Crippen LogP contribution < -0.4 is 9.74 Å². The molecule has 1 aromatic carbocycles. The number of hydrogen-bond donors (Lipinski definition) is 1. The van der Waals surface area contributed by atoms with Gasteiger partial charge >= 0.3 is 0 Å². The number of rotatable bonds is 2. The Morgan fingerprint density at radius 1 is 1.21 bits per heavy atom. The average Bonchev–Trinajstić information content (AvgIpc) is 2.52. The summed E-state index contributed by atoms with van der Waals surface area (Å²) < 4.78 is 6.53. The smallest absolute Gasteiger partial charge is 0.250 e. The molecule has 2 rings (SSSR count). The Balaban J connectivity index is 2.31. The highest BCUT2D eigenvalue weighted by molar-refractivity contribution is 6.74. The van der Waals surface area contributed by atoms with Crippen molar-refractivity contribution in [3.8, 4) is 5.75 Å². The van der Waals surface area contributed by atoms with Gasteiger partial charge in [-0.2, -0.15) is 0 Å². The Hall–Kier alpha value is -0.803. The normalized spacial score (nSPS) is 16.7. The summed E-state index contributed by atoms with van der Waals surface area (Å²) in [6, 6.07) is 6.52. The molecule has 0 unspecified atom stereocenters. The molecule has 0 amide bonds. The highest BCUT2D eigenvalue weighted by atomic mass is 28.4. The van der Waals surface area contributed by atoms with Crippen LogP contribution in [0.15, 0.2) is 18.2 Å². The second-order valence-electron chi connectivity index (χ2n) is 7.04. The largest absolute Gasteiger partial charge is 0.543 e. The Bertz CT molecular complexity index is 449. The van der Waals surface area contributed by atoms with Crippen molar-refractivity contribution in [2.75, 3.05) is 6.54 Å². The molecule has 19 heavy (non-hydrogen) atoms. The van der Waals surface area contributed by atoms with Crippen LogP contribution in [0.4, 0.5) is 0 Å². The molecule has 3 heteroatoms. The van der Waals surface area contributed by atoms with E-state index in [1.807, 2.05) is 0 Å². The van der Waals surface area contributed by atoms with Gasteiger partial charge in [-0.25, -0.2) is 0 Å². The third-order valence-electron chi connectivity index (χ3n) is 4.50. The van der Waals surface area contributed by atoms with Crippen molar-refractivity contribution in [1.29, 1.82) is 0 Å². The van der Waals surface area contributed by atoms with Crippen molar-refractivity contribution in [3.63, 3.8) is 0 Å². The van der Waals surface area contributed by atoms with Crippen molar-refractivity contribution in [3.05, 3.63) is 29.3 Å². The van der Waals surface area contributed by atoms with Crippen LogP contribution in [-0.4, -0.2) is 14.9 Å². The summed E-state index contributed by atoms with van der Waals surface area (Å²) in [4.78, 5) is 0. The number of nitrogens with one attached hydrogen (secondary N) is 1. The molecule has 0 saturated heterocycles. The van der Waals surface area contributed by atoms with Gasteiger partial charge in [-0.15, -0.1) is 0 Å². The number of benzene rings is 1. The molecule has 1 aliphatic heterocycles. The summed E-state index contributed by atoms with van der Waals surface area (Å²) in [6.45, 7) is 13.6. The molecule has 0 saturated carbocycles. The zero-order valence-corrected chi connectivity index (χ0v) is 14.0. The maximum atomic E-state index is 6.53. The van der Waals surface area contributed by atoms with E-state index in [1.54, 1.807) is 0 Å². The summed E-state index contributed by atoms with van der Waals surface area (Å²) in [5.41, 5.74) is 2.84. The van der Waals surface area contributed by atoms with E-state index < -0.39 is 8.32 Å². The lowest BCUT2D eigenvalue weighted by molar-refractivity contribution is 0.486. The van der Waals surface area contributed by atoms with Crippen LogP contribution in [-0.2, 0) is 13.0 Å². The van der Waals surface area contributed by atoms with Crippen LogP contribution in [0.25, 0.3) is 0 Å². The van der Waals surface area contributed by atoms with E-state index in [2.05, 4.69) is 57.4 Å². The molecule has 1 aliphatic rings. The minimum Gasteiger partial charge on any atom is -0.543 e. The summed E-state index contributed by atoms with van der Waals surface area (Å²) in [6.07, 6.45) is 2.33. The lowest BCUT2D eigenvalue weighted by atomic mass is 10.0. The summed E-state index contributed by atoms with van der Waals surface area (Å²) >= 11 is 0. The van der Waals surface area contributed by atoms with E-state index in [0.29, 0.717) is 0 Å². The predicted octanol–water partition coefficient (Wildman–Crippen LogP) is 4.11. The SMILES string of the molecule is CC(C)(C)[Si](C)(C)Oc1cccc2c1CCCNC2. The van der Waals surface area contributed by atoms with E-state index in [1.165, 1.54) is 17.5 Å². The molecule has 0 bridgehead atoms. The molecule has 1 aromatic rings. The second kappa shape index (κ2) is 5.29. The third-order valence-corrected chi connectivity index (χ3v) is 8.84. The lowest BCUT2D eigenvalue weighted by Gasteiger charge is -2.37. The monoisotopic (exact) mass is 277 g/mol. The maximum Gasteiger partial charge on any atom is 0.250 e. The van der Waals surface area contributed by atoms with Gasteiger partial charge < -0.3 is 9.74 Å². The average molecular weight is 277 g/mol. The summed E-state index contributed by atoms with van der Waals surface area (Å²) in [7, 11) is -1.74. The van der Waals surface area contributed by atoms with E-state index in [-0.39, 0.29) is 5.04 Å². The number of fused-ring (bicyclic) bond motifs is 1. The fourth-order valence-corrected chi connectivity index (χ4v) is 3.24. The van der Waals surface area contributed by atoms with Crippen LogP contribution in [0, 0.1) is 0 Å². The quantitative estimate of drug-likeness (QED) is 0.822. The van der Waals surface area contributed by atoms with Crippen molar-refractivity contribution >= 4 is 8.32 Å². The van der Waals surface area contributed by atoms with Crippen molar-refractivity contribution in [2.45, 2.75) is 58.3 Å². The highest BCUT2D eigenvalue weighted by Gasteiger charge is 2.39. The Morgan fingerprint density at radius 3 is 2.63 bits per heavy atom. The van der Waals surface area contributed by atoms with E-state index in [0.717, 1.165) is 25.3 Å². The first-order valence-corrected chi connectivity index (χ1v) is 10.2. The summed E-state index contributed by atoms with van der Waals surface area (Å²) in [5, 5.41) is 3.73. The van der Waals surface area contributed by atoms with Gasteiger partial charge in [0, 0.05) is 6.54 Å². The Kier molecular flexibility index (Phi) is 4.07. The van der Waals surface area contributed by atoms with Crippen LogP contribution in [0.5, 0.6) is 5.75 Å². The molecule has 1 N–H and O–H groups in total. The van der Waals surface area contributed by atoms with E-state index >= 15 is 0 Å². The van der Waals surface area contributed by atoms with E-state index in [4.69, 9.17) is 4.43 Å². The minimum atomic E-state index is -1.74. The predicted molar refractivity (Wildman–Crippen MR) is 84.3 cm³/mol. The first kappa shape index (κ1) is 14.6. The van der Waals surface area contributed by atoms with Crippen LogP contribution in [0.3, 0.4) is 0 Å². The van der Waals surface area contributed by atoms with Gasteiger partial charge in [0.15, 0.2) is 0 Å². The summed E-state index contributed by atoms with van der Waals surface area (Å²) in [5.74, 6) is 1.13. The molecule has 106 valence electrons. The Morgan fingerprint density at radius 2 is 1.95 bits per heavy atom. The topological polar surface area (TPSA) is 21.3 Å². The van der Waals surface area contributed by atoms with Gasteiger partial charge in [0.1, 0.15) is 5.75 Å². The molecule has 0 atom stereocenters. The van der Waals surface area contributed by atoms with Gasteiger partial charge in [-0.3, -0.25) is 0 Å². The molecular formula is C16H27NOSi. The van der Waals surface area contributed by atoms with Crippen LogP contribution in [0.1, 0.15) is 38.3 Å². The zero-order chi connectivity index (χ0) is 14.1. The minimum absolute atomic E-state index is 0.249. The fourth-order valence-electron chi connectivity index (χ4n) is 2.20. The molecule has 0 aromatic heterocycles. The Labute approximate surface area is 118 Å². The van der Waals surface area contributed by atoms with E-state index in [9.17, 15) is 0 Å². The van der Waals surface area contributed by atoms with Gasteiger partial charge in [-0.1, -0.05) is 32.9 Å². The van der Waals surface area contributed by atoms with Crippen molar-refractivity contribution in [2.24, 2.45) is 0 Å². The molecule has 0 spiro atoms. The van der Waals surface area contributed by atoms with Gasteiger partial charge in [0.25, 0.3) is 0 Å². The van der Waals surface area contributed by atoms with Crippen LogP contribution in [0.2, 0.25) is 18.1 Å². The first-order chi connectivity index (χ1) is 8.81. The first-order valence-electron chi connectivity index (χ1n) is 7.32. The second-order valence-corrected chi connectivity index (χ2v) is 11.8. The lowest BCUT2D eigenvalue weighted by Crippen LogP contribution is -2.44. The molecule has 0 aliphatic carbocycles. The third kappa shape index (κ3) is 3.21. The standard InChI is InChI=1S/C16H27NOSi/c1-16(2,3)19(4,5)18-15-10-6-8-13-12-17-11-7-9-14(13)15/h6,8,10,17H,7,9,11-12H2,1-5H3. The molecule has 0 fully saturated rings. The van der Waals surface area contributed by atoms with Gasteiger partial charge in [0.2, 0.25) is 8.32 Å². The van der Waals surface area contributed by atoms with Crippen LogP contribution >= 0.6 is 0 Å². The molecule has 0 radical (unpaired) electrons.